The van der Waals surface area contributed by atoms with Crippen molar-refractivity contribution in [3.63, 3.8) is 0 Å². The second-order valence-corrected chi connectivity index (χ2v) is 8.25. The Bertz CT molecular complexity index is 1220. The van der Waals surface area contributed by atoms with E-state index in [9.17, 15) is 9.59 Å². The van der Waals surface area contributed by atoms with Gasteiger partial charge in [-0.05, 0) is 69.0 Å². The fourth-order valence-corrected chi connectivity index (χ4v) is 4.39. The summed E-state index contributed by atoms with van der Waals surface area (Å²) in [7, 11) is 1.64. The van der Waals surface area contributed by atoms with E-state index in [-0.39, 0.29) is 11.8 Å². The van der Waals surface area contributed by atoms with Crippen LogP contribution in [0.15, 0.2) is 40.8 Å². The summed E-state index contributed by atoms with van der Waals surface area (Å²) >= 11 is 0. The lowest BCUT2D eigenvalue weighted by Crippen LogP contribution is -2.09. The van der Waals surface area contributed by atoms with Crippen LogP contribution in [0.5, 0.6) is 5.75 Å². The smallest absolute Gasteiger partial charge is 0.248 e. The van der Waals surface area contributed by atoms with Gasteiger partial charge in [0.15, 0.2) is 0 Å². The summed E-state index contributed by atoms with van der Waals surface area (Å²) in [4.78, 5) is 23.8. The molecule has 2 amide bonds. The van der Waals surface area contributed by atoms with Crippen LogP contribution >= 0.6 is 0 Å². The van der Waals surface area contributed by atoms with E-state index in [0.717, 1.165) is 58.4 Å². The van der Waals surface area contributed by atoms with E-state index in [1.807, 2.05) is 13.8 Å². The van der Waals surface area contributed by atoms with Gasteiger partial charge >= 0.3 is 0 Å². The minimum atomic E-state index is -0.233. The number of allylic oxidation sites excluding steroid dienone is 1. The zero-order chi connectivity index (χ0) is 22.8. The lowest BCUT2D eigenvalue weighted by Gasteiger charge is -2.13. The van der Waals surface area contributed by atoms with Crippen molar-refractivity contribution in [1.82, 2.24) is 0 Å². The molecule has 0 spiro atoms. The molecule has 0 bridgehead atoms. The fourth-order valence-electron chi connectivity index (χ4n) is 4.39. The highest BCUT2D eigenvalue weighted by atomic mass is 16.5. The molecule has 2 aromatic carbocycles. The number of amides is 2. The van der Waals surface area contributed by atoms with Crippen LogP contribution in [-0.2, 0) is 22.4 Å². The third kappa shape index (κ3) is 4.26. The number of carbonyl (C=O) groups is 2. The number of anilines is 2. The van der Waals surface area contributed by atoms with Crippen molar-refractivity contribution >= 4 is 39.7 Å². The molecule has 0 fully saturated rings. The van der Waals surface area contributed by atoms with Crippen LogP contribution in [0.2, 0.25) is 0 Å². The van der Waals surface area contributed by atoms with Gasteiger partial charge in [-0.1, -0.05) is 0 Å². The Morgan fingerprint density at radius 2 is 1.69 bits per heavy atom. The van der Waals surface area contributed by atoms with Crippen molar-refractivity contribution in [2.75, 3.05) is 17.7 Å². The van der Waals surface area contributed by atoms with E-state index in [1.165, 1.54) is 18.9 Å². The summed E-state index contributed by atoms with van der Waals surface area (Å²) in [5.74, 6) is 1.43. The van der Waals surface area contributed by atoms with E-state index in [4.69, 9.17) is 9.15 Å². The molecule has 1 aromatic heterocycles. The Kier molecular flexibility index (Phi) is 6.04. The van der Waals surface area contributed by atoms with Crippen molar-refractivity contribution in [3.8, 4) is 5.75 Å². The van der Waals surface area contributed by atoms with Crippen LogP contribution in [0.1, 0.15) is 49.1 Å². The lowest BCUT2D eigenvalue weighted by molar-refractivity contribution is -0.114. The maximum atomic E-state index is 12.7. The number of aryl methyl sites for hydroxylation is 3. The summed E-state index contributed by atoms with van der Waals surface area (Å²) in [6, 6.07) is 9.09. The molecule has 2 N–H and O–H groups in total. The molecule has 1 aliphatic carbocycles. The van der Waals surface area contributed by atoms with Gasteiger partial charge in [0.25, 0.3) is 0 Å². The number of fused-ring (bicyclic) bond motifs is 3. The second-order valence-electron chi connectivity index (χ2n) is 8.25. The standard InChI is InChI=1S/C26H28N2O4/c1-15(13-24(30)28-19-11-9-18(10-12-19)27-17(3)29)21-14-22-20-7-5-6-8-23(20)32-26(22)16(2)25(21)31-4/h9-14H,5-8H2,1-4H3,(H,27,29)(H,28,30)/b15-13+. The third-order valence-electron chi connectivity index (χ3n) is 5.88. The Morgan fingerprint density at radius 1 is 1.03 bits per heavy atom. The number of rotatable bonds is 5. The highest BCUT2D eigenvalue weighted by molar-refractivity contribution is 6.05. The van der Waals surface area contributed by atoms with E-state index in [1.54, 1.807) is 37.5 Å². The molecule has 6 heteroatoms. The number of methoxy groups -OCH3 is 1. The highest BCUT2D eigenvalue weighted by Gasteiger charge is 2.23. The summed E-state index contributed by atoms with van der Waals surface area (Å²) < 4.78 is 11.9. The van der Waals surface area contributed by atoms with Gasteiger partial charge in [-0.2, -0.15) is 0 Å². The van der Waals surface area contributed by atoms with Gasteiger partial charge in [0.2, 0.25) is 11.8 Å². The van der Waals surface area contributed by atoms with E-state index >= 15 is 0 Å². The normalized spacial score (nSPS) is 13.6. The second kappa shape index (κ2) is 8.91. The molecule has 0 saturated carbocycles. The summed E-state index contributed by atoms with van der Waals surface area (Å²) in [6.45, 7) is 5.37. The van der Waals surface area contributed by atoms with Gasteiger partial charge in [-0.15, -0.1) is 0 Å². The quantitative estimate of drug-likeness (QED) is 0.512. The molecule has 166 valence electrons. The van der Waals surface area contributed by atoms with Gasteiger partial charge in [0.1, 0.15) is 17.1 Å². The Morgan fingerprint density at radius 3 is 2.34 bits per heavy atom. The molecule has 0 radical (unpaired) electrons. The predicted octanol–water partition coefficient (Wildman–Crippen LogP) is 5.63. The van der Waals surface area contributed by atoms with Crippen molar-refractivity contribution in [2.45, 2.75) is 46.5 Å². The monoisotopic (exact) mass is 432 g/mol. The van der Waals surface area contributed by atoms with Gasteiger partial charge in [-0.3, -0.25) is 9.59 Å². The first kappa shape index (κ1) is 21.7. The van der Waals surface area contributed by atoms with Gasteiger partial charge in [0.05, 0.1) is 7.11 Å². The summed E-state index contributed by atoms with van der Waals surface area (Å²) in [5, 5.41) is 6.70. The van der Waals surface area contributed by atoms with Gasteiger partial charge in [-0.25, -0.2) is 0 Å². The number of benzene rings is 2. The Hall–Kier alpha value is -3.54. The van der Waals surface area contributed by atoms with Crippen molar-refractivity contribution in [2.24, 2.45) is 0 Å². The molecule has 0 saturated heterocycles. The lowest BCUT2D eigenvalue weighted by atomic mass is 9.93. The fraction of sp³-hybridized carbons (Fsp3) is 0.308. The molecule has 3 aromatic rings. The van der Waals surface area contributed by atoms with Crippen molar-refractivity contribution in [1.29, 1.82) is 0 Å². The van der Waals surface area contributed by atoms with Crippen LogP contribution in [0.25, 0.3) is 16.5 Å². The first-order chi connectivity index (χ1) is 15.4. The Balaban J connectivity index is 1.62. The molecule has 1 heterocycles. The SMILES string of the molecule is COc1c(/C(C)=C/C(=O)Nc2ccc(NC(C)=O)cc2)cc2c3c(oc2c1C)CCCC3. The van der Waals surface area contributed by atoms with Gasteiger partial charge in [0, 0.05) is 52.9 Å². The number of nitrogens with one attached hydrogen (secondary N) is 2. The molecule has 0 unspecified atom stereocenters. The maximum absolute atomic E-state index is 12.7. The van der Waals surface area contributed by atoms with Crippen LogP contribution in [-0.4, -0.2) is 18.9 Å². The Labute approximate surface area is 187 Å². The highest BCUT2D eigenvalue weighted by Crippen LogP contribution is 2.41. The summed E-state index contributed by atoms with van der Waals surface area (Å²) in [5.41, 5.74) is 6.16. The topological polar surface area (TPSA) is 80.6 Å². The molecule has 1 aliphatic rings. The molecule has 0 aliphatic heterocycles. The average molecular weight is 433 g/mol. The molecular formula is C26H28N2O4. The van der Waals surface area contributed by atoms with Crippen molar-refractivity contribution in [3.05, 3.63) is 58.9 Å². The van der Waals surface area contributed by atoms with E-state index < -0.39 is 0 Å². The van der Waals surface area contributed by atoms with Gasteiger partial charge < -0.3 is 19.8 Å². The molecule has 4 rings (SSSR count). The molecule has 6 nitrogen and oxygen atoms in total. The number of ether oxygens (including phenoxy) is 1. The van der Waals surface area contributed by atoms with Crippen LogP contribution < -0.4 is 15.4 Å². The van der Waals surface area contributed by atoms with Crippen molar-refractivity contribution < 1.29 is 18.7 Å². The predicted molar refractivity (Wildman–Crippen MR) is 127 cm³/mol. The first-order valence-electron chi connectivity index (χ1n) is 10.9. The maximum Gasteiger partial charge on any atom is 0.248 e. The zero-order valence-corrected chi connectivity index (χ0v) is 18.9. The number of hydrogen-bond acceptors (Lipinski definition) is 4. The number of furan rings is 1. The van der Waals surface area contributed by atoms with E-state index in [2.05, 4.69) is 16.7 Å². The van der Waals surface area contributed by atoms with Crippen LogP contribution in [0.3, 0.4) is 0 Å². The van der Waals surface area contributed by atoms with E-state index in [0.29, 0.717) is 11.4 Å². The minimum absolute atomic E-state index is 0.138. The largest absolute Gasteiger partial charge is 0.496 e. The zero-order valence-electron chi connectivity index (χ0n) is 18.9. The third-order valence-corrected chi connectivity index (χ3v) is 5.88. The molecular weight excluding hydrogens is 404 g/mol. The van der Waals surface area contributed by atoms with Crippen LogP contribution in [0.4, 0.5) is 11.4 Å². The number of hydrogen-bond donors (Lipinski definition) is 2. The number of carbonyl (C=O) groups excluding carboxylic acids is 2. The average Bonchev–Trinajstić information content (AvgIpc) is 3.14. The summed E-state index contributed by atoms with van der Waals surface area (Å²) in [6.07, 6.45) is 5.89. The minimum Gasteiger partial charge on any atom is -0.496 e. The molecule has 0 atom stereocenters. The first-order valence-corrected chi connectivity index (χ1v) is 10.9. The van der Waals surface area contributed by atoms with Crippen LogP contribution in [0, 0.1) is 6.92 Å². The molecule has 32 heavy (non-hydrogen) atoms.